The summed E-state index contributed by atoms with van der Waals surface area (Å²) < 4.78 is 16.0. The first kappa shape index (κ1) is 23.5. The summed E-state index contributed by atoms with van der Waals surface area (Å²) in [6, 6.07) is 15.3. The Balaban J connectivity index is 1.54. The first-order valence-electron chi connectivity index (χ1n) is 10.6. The molecule has 3 aromatic rings. The summed E-state index contributed by atoms with van der Waals surface area (Å²) in [4.78, 5) is 26.5. The van der Waals surface area contributed by atoms with Gasteiger partial charge in [-0.15, -0.1) is 11.3 Å². The molecule has 9 heteroatoms. The van der Waals surface area contributed by atoms with E-state index in [9.17, 15) is 9.59 Å². The lowest BCUT2D eigenvalue weighted by Gasteiger charge is -2.22. The highest BCUT2D eigenvalue weighted by Gasteiger charge is 2.34. The van der Waals surface area contributed by atoms with E-state index < -0.39 is 18.5 Å². The van der Waals surface area contributed by atoms with Gasteiger partial charge in [-0.2, -0.15) is 5.10 Å². The normalized spacial score (nSPS) is 15.1. The smallest absolute Gasteiger partial charge is 0.338 e. The maximum absolute atomic E-state index is 13.1. The van der Waals surface area contributed by atoms with Crippen molar-refractivity contribution in [1.29, 1.82) is 0 Å². The molecule has 1 N–H and O–H groups in total. The molecule has 1 aromatic heterocycles. The number of hydrazone groups is 1. The van der Waals surface area contributed by atoms with Crippen molar-refractivity contribution in [2.45, 2.75) is 19.1 Å². The first-order valence-corrected chi connectivity index (χ1v) is 11.4. The van der Waals surface area contributed by atoms with Crippen LogP contribution in [0.25, 0.3) is 0 Å². The van der Waals surface area contributed by atoms with E-state index in [1.165, 1.54) is 5.01 Å². The zero-order valence-corrected chi connectivity index (χ0v) is 19.6. The van der Waals surface area contributed by atoms with Crippen molar-refractivity contribution in [3.05, 3.63) is 81.5 Å². The molecule has 0 aliphatic carbocycles. The number of hydrogen-bond acceptors (Lipinski definition) is 8. The van der Waals surface area contributed by atoms with Crippen molar-refractivity contribution in [2.24, 2.45) is 5.10 Å². The number of nitrogens with zero attached hydrogens (tertiary/aromatic N) is 2. The molecule has 34 heavy (non-hydrogen) atoms. The number of ether oxygens (including phenoxy) is 3. The number of benzene rings is 2. The summed E-state index contributed by atoms with van der Waals surface area (Å²) in [5, 5.41) is 17.1. The molecule has 8 nitrogen and oxygen atoms in total. The Kier molecular flexibility index (Phi) is 7.24. The van der Waals surface area contributed by atoms with Crippen LogP contribution in [0.1, 0.15) is 38.8 Å². The van der Waals surface area contributed by atoms with Gasteiger partial charge < -0.3 is 19.3 Å². The van der Waals surface area contributed by atoms with Crippen molar-refractivity contribution in [3.63, 3.8) is 0 Å². The van der Waals surface area contributed by atoms with Crippen LogP contribution in [0.15, 0.2) is 65.1 Å². The van der Waals surface area contributed by atoms with Gasteiger partial charge in [0.05, 0.1) is 43.0 Å². The predicted octanol–water partition coefficient (Wildman–Crippen LogP) is 3.79. The van der Waals surface area contributed by atoms with Crippen molar-refractivity contribution in [2.75, 3.05) is 20.8 Å². The number of aliphatic hydroxyl groups is 1. The van der Waals surface area contributed by atoms with Crippen LogP contribution < -0.4 is 9.47 Å². The van der Waals surface area contributed by atoms with E-state index in [1.807, 2.05) is 29.6 Å². The Labute approximate surface area is 201 Å². The molecule has 0 saturated carbocycles. The zero-order valence-electron chi connectivity index (χ0n) is 18.8. The zero-order chi connectivity index (χ0) is 24.1. The van der Waals surface area contributed by atoms with Crippen molar-refractivity contribution in [1.82, 2.24) is 5.01 Å². The lowest BCUT2D eigenvalue weighted by Crippen LogP contribution is -2.31. The lowest BCUT2D eigenvalue weighted by atomic mass is 10.0. The van der Waals surface area contributed by atoms with Crippen molar-refractivity contribution < 1.29 is 28.9 Å². The first-order chi connectivity index (χ1) is 16.5. The highest BCUT2D eigenvalue weighted by atomic mass is 32.1. The summed E-state index contributed by atoms with van der Waals surface area (Å²) in [6.07, 6.45) is 0.512. The molecular formula is C25H24N2O6S. The van der Waals surface area contributed by atoms with Crippen LogP contribution in [-0.4, -0.2) is 48.5 Å². The Morgan fingerprint density at radius 2 is 1.85 bits per heavy atom. The second-order valence-electron chi connectivity index (χ2n) is 7.53. The van der Waals surface area contributed by atoms with Gasteiger partial charge in [0, 0.05) is 6.42 Å². The number of thiophene rings is 1. The van der Waals surface area contributed by atoms with Gasteiger partial charge in [0.15, 0.2) is 18.1 Å². The van der Waals surface area contributed by atoms with E-state index >= 15 is 0 Å². The molecular weight excluding hydrogens is 456 g/mol. The van der Waals surface area contributed by atoms with Crippen LogP contribution >= 0.6 is 11.3 Å². The third-order valence-electron chi connectivity index (χ3n) is 5.46. The number of esters is 1. The third kappa shape index (κ3) is 4.95. The Bertz CT molecular complexity index is 1190. The van der Waals surface area contributed by atoms with Gasteiger partial charge in [-0.1, -0.05) is 24.3 Å². The molecule has 2 aromatic carbocycles. The fraction of sp³-hybridized carbons (Fsp3) is 0.240. The minimum atomic E-state index is -0.623. The van der Waals surface area contributed by atoms with E-state index in [0.717, 1.165) is 16.2 Å². The Hall–Kier alpha value is -3.69. The topological polar surface area (TPSA) is 97.7 Å². The van der Waals surface area contributed by atoms with E-state index in [1.54, 1.807) is 55.9 Å². The average molecular weight is 481 g/mol. The maximum atomic E-state index is 13.1. The summed E-state index contributed by atoms with van der Waals surface area (Å²) in [6.45, 7) is -0.573. The Morgan fingerprint density at radius 3 is 2.50 bits per heavy atom. The number of carbonyl (C=O) groups excluding carboxylic acids is 2. The summed E-state index contributed by atoms with van der Waals surface area (Å²) >= 11 is 1.55. The maximum Gasteiger partial charge on any atom is 0.338 e. The van der Waals surface area contributed by atoms with Crippen molar-refractivity contribution in [3.8, 4) is 11.5 Å². The molecule has 1 aliphatic rings. The van der Waals surface area contributed by atoms with Crippen LogP contribution in [0.4, 0.5) is 0 Å². The number of aliphatic hydroxyl groups excluding tert-OH is 1. The minimum Gasteiger partial charge on any atom is -0.493 e. The van der Waals surface area contributed by atoms with Gasteiger partial charge >= 0.3 is 5.97 Å². The highest BCUT2D eigenvalue weighted by molar-refractivity contribution is 7.12. The molecule has 0 bridgehead atoms. The summed E-state index contributed by atoms with van der Waals surface area (Å²) in [5.74, 6) is 0.0752. The molecule has 1 amide bonds. The monoisotopic (exact) mass is 480 g/mol. The molecule has 0 radical (unpaired) electrons. The van der Waals surface area contributed by atoms with Crippen LogP contribution in [0.3, 0.4) is 0 Å². The predicted molar refractivity (Wildman–Crippen MR) is 127 cm³/mol. The SMILES string of the molecule is COc1ccc(C2CC(c3cccs3)=NN2C(=O)COC(=O)c2ccc(CO)cc2)cc1OC. The van der Waals surface area contributed by atoms with Gasteiger partial charge in [0.1, 0.15) is 0 Å². The second kappa shape index (κ2) is 10.5. The fourth-order valence-corrected chi connectivity index (χ4v) is 4.40. The van der Waals surface area contributed by atoms with E-state index in [0.29, 0.717) is 29.0 Å². The molecule has 1 aliphatic heterocycles. The Morgan fingerprint density at radius 1 is 1.09 bits per heavy atom. The highest BCUT2D eigenvalue weighted by Crippen LogP contribution is 2.37. The molecule has 2 heterocycles. The van der Waals surface area contributed by atoms with Crippen LogP contribution in [-0.2, 0) is 16.1 Å². The van der Waals surface area contributed by atoms with Crippen molar-refractivity contribution >= 4 is 28.9 Å². The van der Waals surface area contributed by atoms with E-state index in [2.05, 4.69) is 5.10 Å². The number of amides is 1. The molecule has 0 spiro atoms. The molecule has 1 unspecified atom stereocenters. The summed E-state index contributed by atoms with van der Waals surface area (Å²) in [7, 11) is 3.12. The molecule has 1 atom stereocenters. The van der Waals surface area contributed by atoms with E-state index in [-0.39, 0.29) is 12.6 Å². The standard InChI is InChI=1S/C25H24N2O6S/c1-31-21-10-9-18(12-22(21)32-2)20-13-19(23-4-3-11-34-23)26-27(20)24(29)15-33-25(30)17-7-5-16(14-28)6-8-17/h3-12,20,28H,13-15H2,1-2H3. The second-order valence-corrected chi connectivity index (χ2v) is 8.48. The number of methoxy groups -OCH3 is 2. The minimum absolute atomic E-state index is 0.120. The molecule has 0 fully saturated rings. The van der Waals surface area contributed by atoms with Crippen LogP contribution in [0.5, 0.6) is 11.5 Å². The van der Waals surface area contributed by atoms with Gasteiger partial charge in [-0.05, 0) is 46.8 Å². The van der Waals surface area contributed by atoms with Gasteiger partial charge in [0.2, 0.25) is 0 Å². The fourth-order valence-electron chi connectivity index (χ4n) is 3.67. The summed E-state index contributed by atoms with van der Waals surface area (Å²) in [5.41, 5.74) is 2.59. The van der Waals surface area contributed by atoms with Gasteiger partial charge in [-0.3, -0.25) is 4.79 Å². The lowest BCUT2D eigenvalue weighted by molar-refractivity contribution is -0.136. The quantitative estimate of drug-likeness (QED) is 0.493. The number of rotatable bonds is 8. The number of hydrogen-bond donors (Lipinski definition) is 1. The molecule has 0 saturated heterocycles. The van der Waals surface area contributed by atoms with E-state index in [4.69, 9.17) is 19.3 Å². The van der Waals surface area contributed by atoms with Crippen LogP contribution in [0.2, 0.25) is 0 Å². The van der Waals surface area contributed by atoms with Gasteiger partial charge in [-0.25, -0.2) is 9.80 Å². The number of carbonyl (C=O) groups is 2. The molecule has 4 rings (SSSR count). The van der Waals surface area contributed by atoms with Crippen LogP contribution in [0, 0.1) is 0 Å². The molecule has 176 valence electrons. The third-order valence-corrected chi connectivity index (χ3v) is 6.38. The van der Waals surface area contributed by atoms with Gasteiger partial charge in [0.25, 0.3) is 5.91 Å². The average Bonchev–Trinajstić information content (AvgIpc) is 3.57. The largest absolute Gasteiger partial charge is 0.493 e.